The standard InChI is InChI=1S/C16H19NO6/c1-21-8-7-12(16(19)20)17-15(18)14-11(9-22-2)10-5-3-4-6-13(10)23-14/h3-6,12H,7-9H2,1-2H3,(H,17,18)(H,19,20). The van der Waals surface area contributed by atoms with Crippen LogP contribution in [0, 0.1) is 0 Å². The van der Waals surface area contributed by atoms with Crippen LogP contribution in [0.5, 0.6) is 0 Å². The van der Waals surface area contributed by atoms with Crippen molar-refractivity contribution < 1.29 is 28.6 Å². The van der Waals surface area contributed by atoms with Gasteiger partial charge in [0.2, 0.25) is 0 Å². The summed E-state index contributed by atoms with van der Waals surface area (Å²) in [4.78, 5) is 23.7. The molecule has 1 unspecified atom stereocenters. The number of carboxylic acid groups (broad SMARTS) is 1. The van der Waals surface area contributed by atoms with Gasteiger partial charge in [-0.15, -0.1) is 0 Å². The molecule has 1 heterocycles. The van der Waals surface area contributed by atoms with Gasteiger partial charge in [0.05, 0.1) is 6.61 Å². The van der Waals surface area contributed by atoms with E-state index in [1.165, 1.54) is 14.2 Å². The molecule has 23 heavy (non-hydrogen) atoms. The van der Waals surface area contributed by atoms with E-state index in [1.807, 2.05) is 12.1 Å². The molecule has 0 aliphatic carbocycles. The van der Waals surface area contributed by atoms with E-state index < -0.39 is 17.9 Å². The summed E-state index contributed by atoms with van der Waals surface area (Å²) in [6.07, 6.45) is 0.164. The minimum Gasteiger partial charge on any atom is -0.480 e. The van der Waals surface area contributed by atoms with Crippen LogP contribution >= 0.6 is 0 Å². The lowest BCUT2D eigenvalue weighted by Gasteiger charge is -2.13. The van der Waals surface area contributed by atoms with Crippen molar-refractivity contribution in [2.75, 3.05) is 20.8 Å². The lowest BCUT2D eigenvalue weighted by molar-refractivity contribution is -0.139. The molecule has 1 atom stereocenters. The summed E-state index contributed by atoms with van der Waals surface area (Å²) < 4.78 is 15.6. The molecule has 2 N–H and O–H groups in total. The molecule has 0 fully saturated rings. The maximum absolute atomic E-state index is 12.4. The van der Waals surface area contributed by atoms with Crippen LogP contribution in [0.4, 0.5) is 0 Å². The molecule has 1 aromatic heterocycles. The Hall–Kier alpha value is -2.38. The second-order valence-electron chi connectivity index (χ2n) is 4.98. The molecule has 124 valence electrons. The van der Waals surface area contributed by atoms with Gasteiger partial charge in [-0.05, 0) is 6.07 Å². The number of furan rings is 1. The second-order valence-corrected chi connectivity index (χ2v) is 4.98. The lowest BCUT2D eigenvalue weighted by Crippen LogP contribution is -2.41. The first kappa shape index (κ1) is 17.0. The van der Waals surface area contributed by atoms with Crippen molar-refractivity contribution in [3.05, 3.63) is 35.6 Å². The zero-order chi connectivity index (χ0) is 16.8. The van der Waals surface area contributed by atoms with E-state index in [9.17, 15) is 14.7 Å². The largest absolute Gasteiger partial charge is 0.480 e. The molecule has 0 aliphatic heterocycles. The van der Waals surface area contributed by atoms with Crippen molar-refractivity contribution in [3.63, 3.8) is 0 Å². The highest BCUT2D eigenvalue weighted by Gasteiger charge is 2.25. The topological polar surface area (TPSA) is 98.0 Å². The predicted molar refractivity (Wildman–Crippen MR) is 82.3 cm³/mol. The van der Waals surface area contributed by atoms with Gasteiger partial charge in [0.1, 0.15) is 11.6 Å². The maximum atomic E-state index is 12.4. The van der Waals surface area contributed by atoms with Gasteiger partial charge in [-0.25, -0.2) is 4.79 Å². The second kappa shape index (κ2) is 7.75. The number of rotatable bonds is 8. The third-order valence-corrected chi connectivity index (χ3v) is 3.41. The number of para-hydroxylation sites is 1. The highest BCUT2D eigenvalue weighted by molar-refractivity contribution is 6.00. The SMILES string of the molecule is COCCC(NC(=O)c1oc2ccccc2c1COC)C(=O)O. The van der Waals surface area contributed by atoms with E-state index in [0.717, 1.165) is 5.39 Å². The van der Waals surface area contributed by atoms with Gasteiger partial charge < -0.3 is 24.3 Å². The van der Waals surface area contributed by atoms with Crippen molar-refractivity contribution >= 4 is 22.8 Å². The molecule has 1 amide bonds. The third-order valence-electron chi connectivity index (χ3n) is 3.41. The average Bonchev–Trinajstić information content (AvgIpc) is 2.90. The third kappa shape index (κ3) is 3.88. The molecular weight excluding hydrogens is 302 g/mol. The predicted octanol–water partition coefficient (Wildman–Crippen LogP) is 1.80. The summed E-state index contributed by atoms with van der Waals surface area (Å²) in [5, 5.41) is 12.4. The van der Waals surface area contributed by atoms with Crippen LogP contribution in [0.1, 0.15) is 22.5 Å². The Morgan fingerprint density at radius 3 is 2.65 bits per heavy atom. The van der Waals surface area contributed by atoms with E-state index in [4.69, 9.17) is 13.9 Å². The Balaban J connectivity index is 2.29. The van der Waals surface area contributed by atoms with Crippen molar-refractivity contribution in [1.82, 2.24) is 5.32 Å². The summed E-state index contributed by atoms with van der Waals surface area (Å²) in [5.74, 6) is -1.65. The number of hydrogen-bond donors (Lipinski definition) is 2. The van der Waals surface area contributed by atoms with Crippen LogP contribution in [-0.2, 0) is 20.9 Å². The number of fused-ring (bicyclic) bond motifs is 1. The summed E-state index contributed by atoms with van der Waals surface area (Å²) in [6, 6.07) is 6.14. The van der Waals surface area contributed by atoms with Crippen LogP contribution in [0.25, 0.3) is 11.0 Å². The van der Waals surface area contributed by atoms with E-state index in [-0.39, 0.29) is 25.4 Å². The molecule has 0 bridgehead atoms. The molecule has 0 saturated heterocycles. The minimum absolute atomic E-state index is 0.0664. The van der Waals surface area contributed by atoms with E-state index in [1.54, 1.807) is 12.1 Å². The average molecular weight is 321 g/mol. The highest BCUT2D eigenvalue weighted by Crippen LogP contribution is 2.26. The minimum atomic E-state index is -1.13. The maximum Gasteiger partial charge on any atom is 0.326 e. The Labute approximate surface area is 133 Å². The van der Waals surface area contributed by atoms with E-state index in [2.05, 4.69) is 5.32 Å². The van der Waals surface area contributed by atoms with E-state index in [0.29, 0.717) is 11.1 Å². The molecule has 2 aromatic rings. The fourth-order valence-electron chi connectivity index (χ4n) is 2.29. The first-order chi connectivity index (χ1) is 11.1. The highest BCUT2D eigenvalue weighted by atomic mass is 16.5. The van der Waals surface area contributed by atoms with Gasteiger partial charge in [-0.3, -0.25) is 4.79 Å². The number of carbonyl (C=O) groups is 2. The molecular formula is C16H19NO6. The van der Waals surface area contributed by atoms with Crippen molar-refractivity contribution in [2.45, 2.75) is 19.1 Å². The van der Waals surface area contributed by atoms with Crippen molar-refractivity contribution in [1.29, 1.82) is 0 Å². The number of carboxylic acids is 1. The summed E-state index contributed by atoms with van der Waals surface area (Å²) >= 11 is 0. The van der Waals surface area contributed by atoms with Crippen molar-refractivity contribution in [3.8, 4) is 0 Å². The Morgan fingerprint density at radius 1 is 1.26 bits per heavy atom. The zero-order valence-electron chi connectivity index (χ0n) is 13.0. The molecule has 0 spiro atoms. The summed E-state index contributed by atoms with van der Waals surface area (Å²) in [5.41, 5.74) is 1.14. The van der Waals surface area contributed by atoms with E-state index >= 15 is 0 Å². The smallest absolute Gasteiger partial charge is 0.326 e. The number of methoxy groups -OCH3 is 2. The van der Waals surface area contributed by atoms with Gasteiger partial charge in [0.25, 0.3) is 5.91 Å². The number of benzene rings is 1. The molecule has 2 rings (SSSR count). The Morgan fingerprint density at radius 2 is 2.00 bits per heavy atom. The molecule has 0 saturated carbocycles. The fraction of sp³-hybridized carbons (Fsp3) is 0.375. The first-order valence-electron chi connectivity index (χ1n) is 7.10. The van der Waals surface area contributed by atoms with Crippen LogP contribution in [0.2, 0.25) is 0 Å². The van der Waals surface area contributed by atoms with Crippen molar-refractivity contribution in [2.24, 2.45) is 0 Å². The number of hydrogen-bond acceptors (Lipinski definition) is 5. The van der Waals surface area contributed by atoms with Crippen LogP contribution in [0.3, 0.4) is 0 Å². The molecule has 0 aliphatic rings. The van der Waals surface area contributed by atoms with Crippen LogP contribution in [-0.4, -0.2) is 43.9 Å². The molecule has 1 aromatic carbocycles. The number of ether oxygens (including phenoxy) is 2. The summed E-state index contributed by atoms with van der Waals surface area (Å²) in [6.45, 7) is 0.415. The Bertz CT molecular complexity index is 693. The van der Waals surface area contributed by atoms with Gasteiger partial charge >= 0.3 is 5.97 Å². The van der Waals surface area contributed by atoms with Gasteiger partial charge in [0, 0.05) is 38.2 Å². The number of amides is 1. The quantitative estimate of drug-likeness (QED) is 0.769. The number of carbonyl (C=O) groups excluding carboxylic acids is 1. The lowest BCUT2D eigenvalue weighted by atomic mass is 10.1. The zero-order valence-corrected chi connectivity index (χ0v) is 13.0. The normalized spacial score (nSPS) is 12.3. The summed E-state index contributed by atoms with van der Waals surface area (Å²) in [7, 11) is 2.98. The molecule has 7 nitrogen and oxygen atoms in total. The molecule has 7 heteroatoms. The Kier molecular flexibility index (Phi) is 5.72. The van der Waals surface area contributed by atoms with Gasteiger partial charge in [-0.1, -0.05) is 18.2 Å². The fourth-order valence-corrected chi connectivity index (χ4v) is 2.29. The monoisotopic (exact) mass is 321 g/mol. The number of nitrogens with one attached hydrogen (secondary N) is 1. The van der Waals surface area contributed by atoms with Crippen LogP contribution in [0.15, 0.2) is 28.7 Å². The van der Waals surface area contributed by atoms with Gasteiger partial charge in [-0.2, -0.15) is 0 Å². The van der Waals surface area contributed by atoms with Gasteiger partial charge in [0.15, 0.2) is 5.76 Å². The number of aliphatic carboxylic acids is 1. The van der Waals surface area contributed by atoms with Crippen LogP contribution < -0.4 is 5.32 Å². The molecule has 0 radical (unpaired) electrons. The first-order valence-corrected chi connectivity index (χ1v) is 7.10.